The normalized spacial score (nSPS) is 11.3. The van der Waals surface area contributed by atoms with Gasteiger partial charge in [-0.1, -0.05) is 5.16 Å². The highest BCUT2D eigenvalue weighted by Gasteiger charge is 2.17. The average molecular weight is 255 g/mol. The fourth-order valence-corrected chi connectivity index (χ4v) is 1.25. The zero-order chi connectivity index (χ0) is 13.5. The van der Waals surface area contributed by atoms with Gasteiger partial charge in [-0.3, -0.25) is 10.1 Å². The summed E-state index contributed by atoms with van der Waals surface area (Å²) in [5.41, 5.74) is 5.28. The van der Waals surface area contributed by atoms with Gasteiger partial charge in [-0.2, -0.15) is 0 Å². The molecule has 0 amide bonds. The standard InChI is InChI=1S/C10H13N3O5/c11-10(12-15)7-2-3-9(18-5-1-4-14)8(6-7)13(16)17/h2-3,6,14-15H,1,4-5H2,(H2,11,12). The monoisotopic (exact) mass is 255 g/mol. The molecule has 98 valence electrons. The number of aliphatic hydroxyl groups is 1. The number of hydrogen-bond donors (Lipinski definition) is 3. The predicted octanol–water partition coefficient (Wildman–Crippen LogP) is 0.450. The van der Waals surface area contributed by atoms with Crippen LogP contribution in [0.5, 0.6) is 5.75 Å². The quantitative estimate of drug-likeness (QED) is 0.169. The molecular formula is C10H13N3O5. The van der Waals surface area contributed by atoms with Crippen LogP contribution in [0.2, 0.25) is 0 Å². The van der Waals surface area contributed by atoms with Crippen LogP contribution in [-0.2, 0) is 0 Å². The molecule has 0 saturated heterocycles. The zero-order valence-electron chi connectivity index (χ0n) is 9.44. The zero-order valence-corrected chi connectivity index (χ0v) is 9.44. The van der Waals surface area contributed by atoms with E-state index >= 15 is 0 Å². The Kier molecular flexibility index (Phi) is 4.88. The Morgan fingerprint density at radius 1 is 1.56 bits per heavy atom. The number of nitro groups is 1. The van der Waals surface area contributed by atoms with Crippen LogP contribution in [-0.4, -0.2) is 34.3 Å². The average Bonchev–Trinajstić information content (AvgIpc) is 2.38. The van der Waals surface area contributed by atoms with E-state index in [1.807, 2.05) is 0 Å². The van der Waals surface area contributed by atoms with Crippen molar-refractivity contribution in [1.29, 1.82) is 0 Å². The molecule has 0 aliphatic rings. The minimum absolute atomic E-state index is 0.0595. The van der Waals surface area contributed by atoms with E-state index in [0.717, 1.165) is 6.07 Å². The molecule has 0 fully saturated rings. The number of amidine groups is 1. The molecule has 18 heavy (non-hydrogen) atoms. The maximum atomic E-state index is 10.9. The first-order valence-corrected chi connectivity index (χ1v) is 5.10. The van der Waals surface area contributed by atoms with Crippen LogP contribution in [0.25, 0.3) is 0 Å². The fourth-order valence-electron chi connectivity index (χ4n) is 1.25. The van der Waals surface area contributed by atoms with E-state index in [4.69, 9.17) is 20.8 Å². The van der Waals surface area contributed by atoms with Crippen molar-refractivity contribution in [3.8, 4) is 5.75 Å². The first-order chi connectivity index (χ1) is 8.60. The van der Waals surface area contributed by atoms with Crippen LogP contribution >= 0.6 is 0 Å². The van der Waals surface area contributed by atoms with E-state index in [1.165, 1.54) is 12.1 Å². The van der Waals surface area contributed by atoms with Crippen LogP contribution in [0.3, 0.4) is 0 Å². The molecule has 0 aliphatic carbocycles. The number of ether oxygens (including phenoxy) is 1. The van der Waals surface area contributed by atoms with E-state index in [-0.39, 0.29) is 36.0 Å². The summed E-state index contributed by atoms with van der Waals surface area (Å²) in [6, 6.07) is 3.96. The van der Waals surface area contributed by atoms with E-state index in [9.17, 15) is 10.1 Å². The second-order valence-corrected chi connectivity index (χ2v) is 3.35. The summed E-state index contributed by atoms with van der Waals surface area (Å²) >= 11 is 0. The number of nitrogens with zero attached hydrogens (tertiary/aromatic N) is 2. The first-order valence-electron chi connectivity index (χ1n) is 5.10. The summed E-state index contributed by atoms with van der Waals surface area (Å²) in [7, 11) is 0. The molecule has 0 aromatic heterocycles. The molecule has 0 bridgehead atoms. The van der Waals surface area contributed by atoms with Crippen molar-refractivity contribution in [1.82, 2.24) is 0 Å². The molecular weight excluding hydrogens is 242 g/mol. The van der Waals surface area contributed by atoms with E-state index in [2.05, 4.69) is 5.16 Å². The Hall–Kier alpha value is -2.35. The van der Waals surface area contributed by atoms with Gasteiger partial charge in [0, 0.05) is 24.7 Å². The van der Waals surface area contributed by atoms with Gasteiger partial charge in [0.1, 0.15) is 0 Å². The van der Waals surface area contributed by atoms with Gasteiger partial charge in [0.05, 0.1) is 11.5 Å². The van der Waals surface area contributed by atoms with Crippen molar-refractivity contribution in [3.63, 3.8) is 0 Å². The van der Waals surface area contributed by atoms with Crippen LogP contribution in [0.4, 0.5) is 5.69 Å². The highest BCUT2D eigenvalue weighted by atomic mass is 16.6. The van der Waals surface area contributed by atoms with Crippen molar-refractivity contribution in [2.24, 2.45) is 10.9 Å². The van der Waals surface area contributed by atoms with Crippen LogP contribution in [0, 0.1) is 10.1 Å². The van der Waals surface area contributed by atoms with Crippen molar-refractivity contribution in [2.45, 2.75) is 6.42 Å². The summed E-state index contributed by atoms with van der Waals surface area (Å²) < 4.78 is 5.16. The molecule has 1 rings (SSSR count). The Morgan fingerprint density at radius 2 is 2.28 bits per heavy atom. The van der Waals surface area contributed by atoms with Crippen LogP contribution in [0.1, 0.15) is 12.0 Å². The molecule has 8 nitrogen and oxygen atoms in total. The van der Waals surface area contributed by atoms with E-state index in [0.29, 0.717) is 6.42 Å². The predicted molar refractivity (Wildman–Crippen MR) is 62.8 cm³/mol. The summed E-state index contributed by atoms with van der Waals surface area (Å²) in [4.78, 5) is 10.2. The molecule has 0 atom stereocenters. The lowest BCUT2D eigenvalue weighted by Gasteiger charge is -2.07. The second-order valence-electron chi connectivity index (χ2n) is 3.35. The lowest BCUT2D eigenvalue weighted by Crippen LogP contribution is -2.13. The lowest BCUT2D eigenvalue weighted by atomic mass is 10.1. The van der Waals surface area contributed by atoms with Gasteiger partial charge in [0.25, 0.3) is 0 Å². The fraction of sp³-hybridized carbons (Fsp3) is 0.300. The third-order valence-corrected chi connectivity index (χ3v) is 2.12. The van der Waals surface area contributed by atoms with E-state index in [1.54, 1.807) is 0 Å². The van der Waals surface area contributed by atoms with Gasteiger partial charge in [-0.15, -0.1) is 0 Å². The molecule has 0 unspecified atom stereocenters. The lowest BCUT2D eigenvalue weighted by molar-refractivity contribution is -0.385. The summed E-state index contributed by atoms with van der Waals surface area (Å²) in [5.74, 6) is -0.150. The van der Waals surface area contributed by atoms with Crippen molar-refractivity contribution in [2.75, 3.05) is 13.2 Å². The Labute approximate surface area is 102 Å². The highest BCUT2D eigenvalue weighted by molar-refractivity contribution is 5.97. The highest BCUT2D eigenvalue weighted by Crippen LogP contribution is 2.28. The third kappa shape index (κ3) is 3.32. The van der Waals surface area contributed by atoms with Gasteiger partial charge in [0.2, 0.25) is 0 Å². The molecule has 0 aliphatic heterocycles. The number of nitro benzene ring substituents is 1. The molecule has 1 aromatic carbocycles. The van der Waals surface area contributed by atoms with Crippen molar-refractivity contribution < 1.29 is 20.0 Å². The maximum absolute atomic E-state index is 10.9. The van der Waals surface area contributed by atoms with Gasteiger partial charge in [0.15, 0.2) is 11.6 Å². The maximum Gasteiger partial charge on any atom is 0.311 e. The number of hydrogen-bond acceptors (Lipinski definition) is 6. The number of benzene rings is 1. The van der Waals surface area contributed by atoms with E-state index < -0.39 is 4.92 Å². The minimum Gasteiger partial charge on any atom is -0.487 e. The molecule has 0 spiro atoms. The summed E-state index contributed by atoms with van der Waals surface area (Å²) in [6.45, 7) is 0.107. The van der Waals surface area contributed by atoms with Gasteiger partial charge in [-0.05, 0) is 12.1 Å². The topological polar surface area (TPSA) is 131 Å². The Bertz CT molecular complexity index is 461. The molecule has 8 heteroatoms. The summed E-state index contributed by atoms with van der Waals surface area (Å²) in [5, 5.41) is 30.7. The van der Waals surface area contributed by atoms with Crippen molar-refractivity contribution in [3.05, 3.63) is 33.9 Å². The van der Waals surface area contributed by atoms with Crippen LogP contribution < -0.4 is 10.5 Å². The minimum atomic E-state index is -0.623. The second kappa shape index (κ2) is 6.40. The van der Waals surface area contributed by atoms with Gasteiger partial charge < -0.3 is 20.8 Å². The molecule has 4 N–H and O–H groups in total. The summed E-state index contributed by atoms with van der Waals surface area (Å²) in [6.07, 6.45) is 0.374. The van der Waals surface area contributed by atoms with Gasteiger partial charge >= 0.3 is 5.69 Å². The van der Waals surface area contributed by atoms with Crippen LogP contribution in [0.15, 0.2) is 23.4 Å². The first kappa shape index (κ1) is 13.7. The van der Waals surface area contributed by atoms with Crippen molar-refractivity contribution >= 4 is 11.5 Å². The molecule has 1 aromatic rings. The Morgan fingerprint density at radius 3 is 2.83 bits per heavy atom. The number of rotatable bonds is 6. The number of nitrogens with two attached hydrogens (primary N) is 1. The molecule has 0 saturated carbocycles. The number of oxime groups is 1. The largest absolute Gasteiger partial charge is 0.487 e. The molecule has 0 radical (unpaired) electrons. The van der Waals surface area contributed by atoms with Gasteiger partial charge in [-0.25, -0.2) is 0 Å². The number of aliphatic hydroxyl groups excluding tert-OH is 1. The third-order valence-electron chi connectivity index (χ3n) is 2.12. The Balaban J connectivity index is 3.01. The molecule has 0 heterocycles. The SMILES string of the molecule is N/C(=N/O)c1ccc(OCCCO)c([N+](=O)[O-])c1. The smallest absolute Gasteiger partial charge is 0.311 e.